The van der Waals surface area contributed by atoms with Crippen molar-refractivity contribution in [2.75, 3.05) is 17.1 Å². The van der Waals surface area contributed by atoms with Crippen LogP contribution in [-0.2, 0) is 14.4 Å². The van der Waals surface area contributed by atoms with Gasteiger partial charge in [-0.25, -0.2) is 9.96 Å². The minimum Gasteiger partial charge on any atom is -0.497 e. The van der Waals surface area contributed by atoms with Gasteiger partial charge in [0.25, 0.3) is 5.91 Å². The van der Waals surface area contributed by atoms with Gasteiger partial charge in [-0.05, 0) is 36.4 Å². The molecule has 0 aliphatic carbocycles. The maximum absolute atomic E-state index is 13.4. The Balaban J connectivity index is 1.56. The average molecular weight is 390 g/mol. The Morgan fingerprint density at radius 3 is 2.41 bits per heavy atom. The number of anilines is 2. The van der Waals surface area contributed by atoms with E-state index >= 15 is 0 Å². The number of nitrogens with zero attached hydrogens (tertiary/aromatic N) is 2. The highest BCUT2D eigenvalue weighted by Gasteiger charge is 2.61. The van der Waals surface area contributed by atoms with Crippen LogP contribution in [0.4, 0.5) is 11.4 Å². The van der Waals surface area contributed by atoms with Gasteiger partial charge in [0, 0.05) is 6.07 Å². The van der Waals surface area contributed by atoms with Gasteiger partial charge in [0.05, 0.1) is 24.7 Å². The second-order valence-electron chi connectivity index (χ2n) is 6.89. The fraction of sp³-hybridized carbons (Fsp3) is 0.182. The van der Waals surface area contributed by atoms with Crippen molar-refractivity contribution in [2.45, 2.75) is 12.1 Å². The molecule has 7 nitrogen and oxygen atoms in total. The first-order valence-corrected chi connectivity index (χ1v) is 9.25. The van der Waals surface area contributed by atoms with Crippen molar-refractivity contribution in [1.82, 2.24) is 0 Å². The molecule has 3 unspecified atom stereocenters. The number of imide groups is 1. The van der Waals surface area contributed by atoms with Gasteiger partial charge in [-0.3, -0.25) is 14.4 Å². The maximum atomic E-state index is 13.4. The largest absolute Gasteiger partial charge is 0.497 e. The van der Waals surface area contributed by atoms with E-state index in [1.807, 2.05) is 30.3 Å². The first kappa shape index (κ1) is 17.5. The summed E-state index contributed by atoms with van der Waals surface area (Å²) in [4.78, 5) is 33.8. The molecule has 2 amide bonds. The number of rotatable bonds is 4. The quantitative estimate of drug-likeness (QED) is 0.637. The molecule has 3 heterocycles. The number of hydroxylamine groups is 1. The van der Waals surface area contributed by atoms with Crippen molar-refractivity contribution in [3.63, 3.8) is 0 Å². The topological polar surface area (TPSA) is 72.2 Å². The van der Waals surface area contributed by atoms with Crippen LogP contribution < -0.4 is 14.7 Å². The number of furan rings is 1. The number of hydrogen-bond acceptors (Lipinski definition) is 6. The van der Waals surface area contributed by atoms with Crippen LogP contribution in [0.3, 0.4) is 0 Å². The molecule has 2 saturated heterocycles. The third-order valence-electron chi connectivity index (χ3n) is 5.27. The molecule has 0 spiro atoms. The molecule has 3 aromatic rings. The SMILES string of the molecule is COc1cccc(N2C(=O)C3ON(c4ccccc4)C(c4ccco4)C3C2=O)c1. The monoisotopic (exact) mass is 390 g/mol. The van der Waals surface area contributed by atoms with Gasteiger partial charge in [0.1, 0.15) is 23.5 Å². The number of amides is 2. The van der Waals surface area contributed by atoms with Crippen LogP contribution in [0.15, 0.2) is 77.4 Å². The summed E-state index contributed by atoms with van der Waals surface area (Å²) >= 11 is 0. The number of fused-ring (bicyclic) bond motifs is 1. The fourth-order valence-corrected chi connectivity index (χ4v) is 3.97. The Hall–Kier alpha value is -3.58. The number of ether oxygens (including phenoxy) is 1. The van der Waals surface area contributed by atoms with E-state index in [-0.39, 0.29) is 5.91 Å². The second kappa shape index (κ2) is 6.79. The molecule has 2 aliphatic heterocycles. The highest BCUT2D eigenvalue weighted by atomic mass is 16.7. The molecule has 3 atom stereocenters. The van der Waals surface area contributed by atoms with E-state index in [0.717, 1.165) is 5.69 Å². The second-order valence-corrected chi connectivity index (χ2v) is 6.89. The normalized spacial score (nSPS) is 23.6. The lowest BCUT2D eigenvalue weighted by molar-refractivity contribution is -0.126. The Labute approximate surface area is 167 Å². The molecule has 0 radical (unpaired) electrons. The van der Waals surface area contributed by atoms with Crippen molar-refractivity contribution in [3.05, 3.63) is 78.8 Å². The standard InChI is InChI=1S/C22H18N2O5/c1-27-16-10-5-9-15(13-16)23-21(25)18-19(17-11-6-12-28-17)24(29-20(18)22(23)26)14-7-3-2-4-8-14/h2-13,18-20H,1H3. The number of carbonyl (C=O) groups is 2. The van der Waals surface area contributed by atoms with Gasteiger partial charge >= 0.3 is 0 Å². The molecule has 0 N–H and O–H groups in total. The maximum Gasteiger partial charge on any atom is 0.266 e. The van der Waals surface area contributed by atoms with E-state index in [0.29, 0.717) is 17.2 Å². The summed E-state index contributed by atoms with van der Waals surface area (Å²) < 4.78 is 10.8. The van der Waals surface area contributed by atoms with Crippen LogP contribution in [0.2, 0.25) is 0 Å². The van der Waals surface area contributed by atoms with E-state index < -0.39 is 24.0 Å². The molecule has 0 bridgehead atoms. The van der Waals surface area contributed by atoms with E-state index in [2.05, 4.69) is 0 Å². The molecular weight excluding hydrogens is 372 g/mol. The van der Waals surface area contributed by atoms with Gasteiger partial charge in [-0.1, -0.05) is 24.3 Å². The van der Waals surface area contributed by atoms with Crippen LogP contribution in [0.1, 0.15) is 11.8 Å². The van der Waals surface area contributed by atoms with Crippen LogP contribution in [-0.4, -0.2) is 25.0 Å². The molecule has 7 heteroatoms. The molecule has 29 heavy (non-hydrogen) atoms. The number of benzene rings is 2. The Morgan fingerprint density at radius 1 is 0.897 bits per heavy atom. The van der Waals surface area contributed by atoms with Gasteiger partial charge in [0.2, 0.25) is 5.91 Å². The van der Waals surface area contributed by atoms with Crippen LogP contribution >= 0.6 is 0 Å². The fourth-order valence-electron chi connectivity index (χ4n) is 3.97. The summed E-state index contributed by atoms with van der Waals surface area (Å²) in [5, 5.41) is 1.60. The van der Waals surface area contributed by atoms with Crippen LogP contribution in [0.5, 0.6) is 5.75 Å². The third-order valence-corrected chi connectivity index (χ3v) is 5.27. The van der Waals surface area contributed by atoms with Crippen molar-refractivity contribution < 1.29 is 23.6 Å². The summed E-state index contributed by atoms with van der Waals surface area (Å²) in [5.41, 5.74) is 1.21. The van der Waals surface area contributed by atoms with Crippen molar-refractivity contribution in [3.8, 4) is 5.75 Å². The predicted octanol–water partition coefficient (Wildman–Crippen LogP) is 3.34. The summed E-state index contributed by atoms with van der Waals surface area (Å²) in [5.74, 6) is -0.319. The van der Waals surface area contributed by atoms with E-state index in [9.17, 15) is 9.59 Å². The molecular formula is C22H18N2O5. The van der Waals surface area contributed by atoms with E-state index in [1.165, 1.54) is 12.0 Å². The highest BCUT2D eigenvalue weighted by molar-refractivity contribution is 6.24. The molecule has 5 rings (SSSR count). The van der Waals surface area contributed by atoms with Crippen molar-refractivity contribution >= 4 is 23.2 Å². The number of hydrogen-bond donors (Lipinski definition) is 0. The zero-order valence-electron chi connectivity index (χ0n) is 15.6. The van der Waals surface area contributed by atoms with Crippen LogP contribution in [0, 0.1) is 5.92 Å². The van der Waals surface area contributed by atoms with E-state index in [1.54, 1.807) is 47.7 Å². The predicted molar refractivity (Wildman–Crippen MR) is 104 cm³/mol. The molecule has 1 aromatic heterocycles. The number of carbonyl (C=O) groups excluding carboxylic acids is 2. The van der Waals surface area contributed by atoms with E-state index in [4.69, 9.17) is 14.0 Å². The van der Waals surface area contributed by atoms with Crippen LogP contribution in [0.25, 0.3) is 0 Å². The smallest absolute Gasteiger partial charge is 0.266 e. The summed E-state index contributed by atoms with van der Waals surface area (Å²) in [7, 11) is 1.54. The van der Waals surface area contributed by atoms with Gasteiger partial charge in [-0.15, -0.1) is 0 Å². The molecule has 2 aliphatic rings. The van der Waals surface area contributed by atoms with Crippen molar-refractivity contribution in [1.29, 1.82) is 0 Å². The molecule has 146 valence electrons. The average Bonchev–Trinajstić information content (AvgIpc) is 3.46. The highest BCUT2D eigenvalue weighted by Crippen LogP contribution is 2.47. The van der Waals surface area contributed by atoms with Gasteiger partial charge in [-0.2, -0.15) is 0 Å². The number of para-hydroxylation sites is 1. The summed E-state index contributed by atoms with van der Waals surface area (Å²) in [6, 6.07) is 19.2. The summed E-state index contributed by atoms with van der Waals surface area (Å²) in [6.45, 7) is 0. The lowest BCUT2D eigenvalue weighted by Crippen LogP contribution is -2.37. The zero-order chi connectivity index (χ0) is 20.0. The van der Waals surface area contributed by atoms with Gasteiger partial charge in [0.15, 0.2) is 6.10 Å². The minimum absolute atomic E-state index is 0.326. The summed E-state index contributed by atoms with van der Waals surface area (Å²) in [6.07, 6.45) is 0.622. The minimum atomic E-state index is -0.927. The zero-order valence-corrected chi connectivity index (χ0v) is 15.6. The lowest BCUT2D eigenvalue weighted by Gasteiger charge is -2.27. The molecule has 0 saturated carbocycles. The Morgan fingerprint density at radius 2 is 1.69 bits per heavy atom. The Bertz CT molecular complexity index is 1050. The third kappa shape index (κ3) is 2.70. The van der Waals surface area contributed by atoms with Gasteiger partial charge < -0.3 is 9.15 Å². The first-order chi connectivity index (χ1) is 14.2. The first-order valence-electron chi connectivity index (χ1n) is 9.25. The Kier molecular flexibility index (Phi) is 4.10. The molecule has 2 aromatic carbocycles. The molecule has 2 fully saturated rings. The van der Waals surface area contributed by atoms with Crippen molar-refractivity contribution in [2.24, 2.45) is 5.92 Å². The number of methoxy groups -OCH3 is 1. The lowest BCUT2D eigenvalue weighted by atomic mass is 9.94.